The molecule has 4 rings (SSSR count). The molecule has 0 saturated heterocycles. The molecule has 0 aliphatic carbocycles. The van der Waals surface area contributed by atoms with Gasteiger partial charge in [-0.3, -0.25) is 9.97 Å². The minimum absolute atomic E-state index is 0.0512. The summed E-state index contributed by atoms with van der Waals surface area (Å²) in [5.41, 5.74) is -3.44. The second kappa shape index (κ2) is 9.35. The Labute approximate surface area is 205 Å². The van der Waals surface area contributed by atoms with E-state index in [9.17, 15) is 31.4 Å². The summed E-state index contributed by atoms with van der Waals surface area (Å²) >= 11 is 0. The van der Waals surface area contributed by atoms with E-state index in [2.05, 4.69) is 35.2 Å². The number of hydrogen-bond acceptors (Lipinski definition) is 8. The van der Waals surface area contributed by atoms with Crippen molar-refractivity contribution in [1.29, 1.82) is 0 Å². The molecule has 0 spiro atoms. The van der Waals surface area contributed by atoms with Gasteiger partial charge in [-0.1, -0.05) is 6.07 Å². The molecule has 37 heavy (non-hydrogen) atoms. The molecule has 192 valence electrons. The number of halogens is 6. The predicted molar refractivity (Wildman–Crippen MR) is 119 cm³/mol. The van der Waals surface area contributed by atoms with Crippen LogP contribution in [0, 0.1) is 0 Å². The Morgan fingerprint density at radius 2 is 1.35 bits per heavy atom. The second-order valence-electron chi connectivity index (χ2n) is 8.25. The fourth-order valence-electron chi connectivity index (χ4n) is 3.09. The Kier molecular flexibility index (Phi) is 6.54. The van der Waals surface area contributed by atoms with Crippen LogP contribution < -0.4 is 5.32 Å². The van der Waals surface area contributed by atoms with E-state index in [1.807, 2.05) is 0 Å². The highest BCUT2D eigenvalue weighted by atomic mass is 19.4. The van der Waals surface area contributed by atoms with Gasteiger partial charge in [-0.2, -0.15) is 36.3 Å². The lowest BCUT2D eigenvalue weighted by Crippen LogP contribution is -2.17. The third-order valence-electron chi connectivity index (χ3n) is 4.86. The molecule has 14 heteroatoms. The average molecular weight is 521 g/mol. The molecular weight excluding hydrogens is 504 g/mol. The molecule has 8 nitrogen and oxygen atoms in total. The van der Waals surface area contributed by atoms with Gasteiger partial charge in [0.25, 0.3) is 0 Å². The number of anilines is 2. The van der Waals surface area contributed by atoms with E-state index in [1.54, 1.807) is 0 Å². The van der Waals surface area contributed by atoms with E-state index in [4.69, 9.17) is 0 Å². The van der Waals surface area contributed by atoms with Crippen molar-refractivity contribution in [3.8, 4) is 22.9 Å². The van der Waals surface area contributed by atoms with E-state index in [1.165, 1.54) is 44.3 Å². The molecule has 0 amide bonds. The zero-order chi connectivity index (χ0) is 27.0. The van der Waals surface area contributed by atoms with E-state index in [0.29, 0.717) is 5.56 Å². The maximum Gasteiger partial charge on any atom is 0.433 e. The highest BCUT2D eigenvalue weighted by Gasteiger charge is 2.33. The van der Waals surface area contributed by atoms with Gasteiger partial charge in [0.2, 0.25) is 5.95 Å². The second-order valence-corrected chi connectivity index (χ2v) is 8.25. The van der Waals surface area contributed by atoms with Gasteiger partial charge in [0, 0.05) is 23.6 Å². The standard InChI is InChI=1S/C23H17F6N7O/c1-21(2,37)16-10-12(6-8-30-16)18-34-19(14-4-3-5-15(33-14)22(24,25)26)36-20(35-18)32-13-7-9-31-17(11-13)23(27,28)29/h3-11,37H,1-2H3,(H,31,32,34,35,36). The Bertz CT molecular complexity index is 1360. The summed E-state index contributed by atoms with van der Waals surface area (Å²) in [4.78, 5) is 23.5. The molecule has 4 aromatic heterocycles. The van der Waals surface area contributed by atoms with Crippen LogP contribution in [0.25, 0.3) is 22.9 Å². The molecule has 2 N–H and O–H groups in total. The van der Waals surface area contributed by atoms with Gasteiger partial charge in [0.05, 0.1) is 5.69 Å². The molecule has 0 unspecified atom stereocenters. The van der Waals surface area contributed by atoms with Crippen molar-refractivity contribution in [3.05, 3.63) is 71.9 Å². The van der Waals surface area contributed by atoms with Gasteiger partial charge in [-0.25, -0.2) is 9.97 Å². The molecule has 4 heterocycles. The molecule has 0 saturated carbocycles. The van der Waals surface area contributed by atoms with Crippen molar-refractivity contribution in [2.24, 2.45) is 0 Å². The van der Waals surface area contributed by atoms with Crippen molar-refractivity contribution in [3.63, 3.8) is 0 Å². The minimum Gasteiger partial charge on any atom is -0.384 e. The van der Waals surface area contributed by atoms with E-state index in [-0.39, 0.29) is 34.7 Å². The van der Waals surface area contributed by atoms with Crippen LogP contribution in [-0.4, -0.2) is 35.0 Å². The van der Waals surface area contributed by atoms with Crippen LogP contribution in [0.4, 0.5) is 38.0 Å². The Hall–Kier alpha value is -4.20. The van der Waals surface area contributed by atoms with Crippen LogP contribution >= 0.6 is 0 Å². The summed E-state index contributed by atoms with van der Waals surface area (Å²) in [5, 5.41) is 12.9. The van der Waals surface area contributed by atoms with Gasteiger partial charge in [0.1, 0.15) is 22.7 Å². The first kappa shape index (κ1) is 25.9. The van der Waals surface area contributed by atoms with E-state index in [0.717, 1.165) is 24.4 Å². The summed E-state index contributed by atoms with van der Waals surface area (Å²) in [6.07, 6.45) is -7.13. The minimum atomic E-state index is -4.73. The normalized spacial score (nSPS) is 12.5. The average Bonchev–Trinajstić information content (AvgIpc) is 2.83. The first-order valence-electron chi connectivity index (χ1n) is 10.5. The van der Waals surface area contributed by atoms with Crippen molar-refractivity contribution < 1.29 is 31.4 Å². The van der Waals surface area contributed by atoms with Crippen molar-refractivity contribution in [2.45, 2.75) is 31.8 Å². The zero-order valence-corrected chi connectivity index (χ0v) is 19.1. The predicted octanol–water partition coefficient (Wildman–Crippen LogP) is 5.40. The van der Waals surface area contributed by atoms with Gasteiger partial charge >= 0.3 is 12.4 Å². The number of hydrogen-bond donors (Lipinski definition) is 2. The lowest BCUT2D eigenvalue weighted by atomic mass is 10.0. The first-order valence-corrected chi connectivity index (χ1v) is 10.5. The number of aromatic nitrogens is 6. The van der Waals surface area contributed by atoms with E-state index < -0.39 is 29.3 Å². The molecule has 0 fully saturated rings. The fourth-order valence-corrected chi connectivity index (χ4v) is 3.09. The maximum atomic E-state index is 13.2. The lowest BCUT2D eigenvalue weighted by Gasteiger charge is -2.17. The first-order chi connectivity index (χ1) is 17.2. The van der Waals surface area contributed by atoms with Crippen LogP contribution in [0.1, 0.15) is 30.9 Å². The van der Waals surface area contributed by atoms with Gasteiger partial charge < -0.3 is 10.4 Å². The topological polar surface area (TPSA) is 110 Å². The van der Waals surface area contributed by atoms with Crippen molar-refractivity contribution in [2.75, 3.05) is 5.32 Å². The highest BCUT2D eigenvalue weighted by Crippen LogP contribution is 2.31. The summed E-state index contributed by atoms with van der Waals surface area (Å²) in [6, 6.07) is 8.08. The smallest absolute Gasteiger partial charge is 0.384 e. The lowest BCUT2D eigenvalue weighted by molar-refractivity contribution is -0.141. The molecular formula is C23H17F6N7O. The Morgan fingerprint density at radius 3 is 2.03 bits per heavy atom. The highest BCUT2D eigenvalue weighted by molar-refractivity contribution is 5.63. The molecule has 0 radical (unpaired) electrons. The molecule has 0 atom stereocenters. The number of aliphatic hydroxyl groups is 1. The Balaban J connectivity index is 1.85. The number of nitrogens with zero attached hydrogens (tertiary/aromatic N) is 6. The quantitative estimate of drug-likeness (QED) is 0.336. The molecule has 0 aliphatic rings. The largest absolute Gasteiger partial charge is 0.433 e. The summed E-state index contributed by atoms with van der Waals surface area (Å²) < 4.78 is 78.9. The molecule has 0 aliphatic heterocycles. The molecule has 0 aromatic carbocycles. The van der Waals surface area contributed by atoms with Crippen molar-refractivity contribution >= 4 is 11.6 Å². The number of rotatable bonds is 5. The molecule has 0 bridgehead atoms. The van der Waals surface area contributed by atoms with Crippen LogP contribution in [0.2, 0.25) is 0 Å². The zero-order valence-electron chi connectivity index (χ0n) is 19.1. The maximum absolute atomic E-state index is 13.2. The summed E-state index contributed by atoms with van der Waals surface area (Å²) in [6.45, 7) is 3.00. The van der Waals surface area contributed by atoms with Crippen LogP contribution in [0.3, 0.4) is 0 Å². The number of alkyl halides is 6. The van der Waals surface area contributed by atoms with Gasteiger partial charge in [-0.15, -0.1) is 0 Å². The van der Waals surface area contributed by atoms with Crippen LogP contribution in [-0.2, 0) is 18.0 Å². The third kappa shape index (κ3) is 6.14. The van der Waals surface area contributed by atoms with Gasteiger partial charge in [0.15, 0.2) is 11.6 Å². The van der Waals surface area contributed by atoms with Gasteiger partial charge in [-0.05, 0) is 50.2 Å². The number of pyridine rings is 3. The Morgan fingerprint density at radius 1 is 0.703 bits per heavy atom. The van der Waals surface area contributed by atoms with Crippen LogP contribution in [0.15, 0.2) is 54.9 Å². The van der Waals surface area contributed by atoms with Crippen molar-refractivity contribution in [1.82, 2.24) is 29.9 Å². The summed E-state index contributed by atoms with van der Waals surface area (Å²) in [7, 11) is 0. The number of nitrogens with one attached hydrogen (secondary N) is 1. The van der Waals surface area contributed by atoms with Crippen LogP contribution in [0.5, 0.6) is 0 Å². The fraction of sp³-hybridized carbons (Fsp3) is 0.217. The summed E-state index contributed by atoms with van der Waals surface area (Å²) in [5.74, 6) is -0.588. The molecule has 4 aromatic rings. The monoisotopic (exact) mass is 521 g/mol. The van der Waals surface area contributed by atoms with E-state index >= 15 is 0 Å². The SMILES string of the molecule is CC(C)(O)c1cc(-c2nc(Nc3ccnc(C(F)(F)F)c3)nc(-c3cccc(C(F)(F)F)n3)n2)ccn1. The third-order valence-corrected chi connectivity index (χ3v) is 4.86.